The van der Waals surface area contributed by atoms with Crippen LogP contribution in [0.25, 0.3) is 0 Å². The van der Waals surface area contributed by atoms with Crippen molar-refractivity contribution in [3.8, 4) is 5.75 Å². The second-order valence-corrected chi connectivity index (χ2v) is 4.74. The highest BCUT2D eigenvalue weighted by Gasteiger charge is 2.10. The molecule has 0 unspecified atom stereocenters. The largest absolute Gasteiger partial charge is 0.433 e. The van der Waals surface area contributed by atoms with Gasteiger partial charge in [-0.2, -0.15) is 8.78 Å². The lowest BCUT2D eigenvalue weighted by atomic mass is 10.2. The molecule has 2 rings (SSSR count). The summed E-state index contributed by atoms with van der Waals surface area (Å²) in [4.78, 5) is 0. The molecule has 0 fully saturated rings. The minimum Gasteiger partial charge on any atom is -0.433 e. The first-order valence-corrected chi connectivity index (χ1v) is 6.54. The Morgan fingerprint density at radius 3 is 2.30 bits per heavy atom. The van der Waals surface area contributed by atoms with E-state index < -0.39 is 6.61 Å². The number of ether oxygens (including phenoxy) is 1. The maximum atomic E-state index is 12.3. The molecule has 106 valence electrons. The van der Waals surface area contributed by atoms with Crippen LogP contribution < -0.4 is 10.1 Å². The molecule has 0 bridgehead atoms. The first-order valence-electron chi connectivity index (χ1n) is 5.78. The van der Waals surface area contributed by atoms with Crippen LogP contribution in [-0.2, 0) is 6.54 Å². The fraction of sp³-hybridized carbons (Fsp3) is 0.143. The number of halogens is 4. The van der Waals surface area contributed by atoms with Gasteiger partial charge in [-0.25, -0.2) is 0 Å². The number of benzene rings is 2. The van der Waals surface area contributed by atoms with E-state index >= 15 is 0 Å². The fourth-order valence-electron chi connectivity index (χ4n) is 1.70. The van der Waals surface area contributed by atoms with Crippen LogP contribution in [0, 0.1) is 0 Å². The predicted octanol–water partition coefficient (Wildman–Crippen LogP) is 5.21. The SMILES string of the molecule is FC(F)Oc1ccccc1NCc1c(Cl)cccc1Cl. The molecule has 0 saturated carbocycles. The van der Waals surface area contributed by atoms with E-state index in [1.54, 1.807) is 36.4 Å². The third kappa shape index (κ3) is 3.74. The van der Waals surface area contributed by atoms with Gasteiger partial charge in [0, 0.05) is 22.2 Å². The zero-order chi connectivity index (χ0) is 14.5. The summed E-state index contributed by atoms with van der Waals surface area (Å²) in [5.41, 5.74) is 1.14. The van der Waals surface area contributed by atoms with Gasteiger partial charge < -0.3 is 10.1 Å². The number of nitrogens with one attached hydrogen (secondary N) is 1. The number of hydrogen-bond acceptors (Lipinski definition) is 2. The smallest absolute Gasteiger partial charge is 0.387 e. The van der Waals surface area contributed by atoms with Gasteiger partial charge in [0.05, 0.1) is 5.69 Å². The molecule has 2 nitrogen and oxygen atoms in total. The third-order valence-electron chi connectivity index (χ3n) is 2.62. The molecule has 1 N–H and O–H groups in total. The standard InChI is InChI=1S/C14H11Cl2F2NO/c15-10-4-3-5-11(16)9(10)8-19-12-6-1-2-7-13(12)20-14(17)18/h1-7,14,19H,8H2. The maximum absolute atomic E-state index is 12.3. The van der Waals surface area contributed by atoms with Gasteiger partial charge in [-0.1, -0.05) is 41.4 Å². The Morgan fingerprint density at radius 2 is 1.65 bits per heavy atom. The Bertz CT molecular complexity index is 573. The van der Waals surface area contributed by atoms with Crippen LogP contribution in [0.1, 0.15) is 5.56 Å². The molecule has 20 heavy (non-hydrogen) atoms. The summed E-state index contributed by atoms with van der Waals surface area (Å²) in [7, 11) is 0. The van der Waals surface area contributed by atoms with Crippen LogP contribution in [0.5, 0.6) is 5.75 Å². The van der Waals surface area contributed by atoms with E-state index in [1.807, 2.05) is 0 Å². The van der Waals surface area contributed by atoms with Gasteiger partial charge in [0.15, 0.2) is 0 Å². The fourth-order valence-corrected chi connectivity index (χ4v) is 2.23. The minimum absolute atomic E-state index is 0.0747. The molecule has 2 aromatic carbocycles. The van der Waals surface area contributed by atoms with Gasteiger partial charge in [0.1, 0.15) is 5.75 Å². The van der Waals surface area contributed by atoms with Crippen LogP contribution >= 0.6 is 23.2 Å². The summed E-state index contributed by atoms with van der Waals surface area (Å²) >= 11 is 12.1. The van der Waals surface area contributed by atoms with Crippen molar-refractivity contribution in [3.63, 3.8) is 0 Å². The highest BCUT2D eigenvalue weighted by Crippen LogP contribution is 2.29. The lowest BCUT2D eigenvalue weighted by molar-refractivity contribution is -0.0493. The maximum Gasteiger partial charge on any atom is 0.387 e. The molecule has 0 saturated heterocycles. The molecule has 0 heterocycles. The van der Waals surface area contributed by atoms with Crippen LogP contribution in [0.15, 0.2) is 42.5 Å². The molecule has 6 heteroatoms. The Labute approximate surface area is 125 Å². The van der Waals surface area contributed by atoms with E-state index in [0.29, 0.717) is 27.8 Å². The van der Waals surface area contributed by atoms with Crippen molar-refractivity contribution in [2.45, 2.75) is 13.2 Å². The molecular formula is C14H11Cl2F2NO. The van der Waals surface area contributed by atoms with Crippen molar-refractivity contribution in [1.29, 1.82) is 0 Å². The van der Waals surface area contributed by atoms with E-state index in [-0.39, 0.29) is 5.75 Å². The van der Waals surface area contributed by atoms with E-state index in [1.165, 1.54) is 6.07 Å². The van der Waals surface area contributed by atoms with Crippen molar-refractivity contribution in [2.24, 2.45) is 0 Å². The molecule has 0 aliphatic carbocycles. The third-order valence-corrected chi connectivity index (χ3v) is 3.33. The van der Waals surface area contributed by atoms with Crippen molar-refractivity contribution < 1.29 is 13.5 Å². The number of hydrogen-bond donors (Lipinski definition) is 1. The van der Waals surface area contributed by atoms with E-state index in [0.717, 1.165) is 0 Å². The van der Waals surface area contributed by atoms with Crippen molar-refractivity contribution >= 4 is 28.9 Å². The average molecular weight is 318 g/mol. The van der Waals surface area contributed by atoms with Crippen molar-refractivity contribution in [2.75, 3.05) is 5.32 Å². The molecule has 0 aliphatic rings. The summed E-state index contributed by atoms with van der Waals surface area (Å²) < 4.78 is 29.0. The van der Waals surface area contributed by atoms with Crippen LogP contribution in [-0.4, -0.2) is 6.61 Å². The highest BCUT2D eigenvalue weighted by molar-refractivity contribution is 6.36. The second-order valence-electron chi connectivity index (χ2n) is 3.93. The zero-order valence-corrected chi connectivity index (χ0v) is 11.8. The lowest BCUT2D eigenvalue weighted by Crippen LogP contribution is -2.07. The Kier molecular flexibility index (Phi) is 5.04. The quantitative estimate of drug-likeness (QED) is 0.817. The molecule has 0 atom stereocenters. The Morgan fingerprint density at radius 1 is 1.00 bits per heavy atom. The van der Waals surface area contributed by atoms with Crippen LogP contribution in [0.4, 0.5) is 14.5 Å². The van der Waals surface area contributed by atoms with Gasteiger partial charge >= 0.3 is 6.61 Å². The zero-order valence-electron chi connectivity index (χ0n) is 10.2. The van der Waals surface area contributed by atoms with E-state index in [2.05, 4.69) is 10.1 Å². The van der Waals surface area contributed by atoms with Gasteiger partial charge in [-0.15, -0.1) is 0 Å². The van der Waals surface area contributed by atoms with Crippen LogP contribution in [0.3, 0.4) is 0 Å². The first kappa shape index (κ1) is 14.9. The van der Waals surface area contributed by atoms with Gasteiger partial charge in [-0.05, 0) is 24.3 Å². The molecule has 0 aromatic heterocycles. The Balaban J connectivity index is 2.15. The summed E-state index contributed by atoms with van der Waals surface area (Å²) in [5, 5.41) is 4.01. The molecule has 0 spiro atoms. The van der Waals surface area contributed by atoms with Crippen molar-refractivity contribution in [1.82, 2.24) is 0 Å². The number of alkyl halides is 2. The lowest BCUT2D eigenvalue weighted by Gasteiger charge is -2.13. The minimum atomic E-state index is -2.87. The topological polar surface area (TPSA) is 21.3 Å². The summed E-state index contributed by atoms with van der Waals surface area (Å²) in [6.07, 6.45) is 0. The molecular weight excluding hydrogens is 307 g/mol. The summed E-state index contributed by atoms with van der Waals surface area (Å²) in [6, 6.07) is 11.6. The second kappa shape index (κ2) is 6.77. The van der Waals surface area contributed by atoms with Crippen molar-refractivity contribution in [3.05, 3.63) is 58.1 Å². The normalized spacial score (nSPS) is 10.7. The summed E-state index contributed by atoms with van der Waals surface area (Å²) in [5.74, 6) is 0.0747. The molecule has 0 aliphatic heterocycles. The monoisotopic (exact) mass is 317 g/mol. The van der Waals surface area contributed by atoms with Gasteiger partial charge in [-0.3, -0.25) is 0 Å². The van der Waals surface area contributed by atoms with Gasteiger partial charge in [0.2, 0.25) is 0 Å². The van der Waals surface area contributed by atoms with E-state index in [9.17, 15) is 8.78 Å². The first-order chi connectivity index (χ1) is 9.58. The molecule has 2 aromatic rings. The predicted molar refractivity (Wildman–Crippen MR) is 76.9 cm³/mol. The van der Waals surface area contributed by atoms with Crippen LogP contribution in [0.2, 0.25) is 10.0 Å². The molecule has 0 amide bonds. The summed E-state index contributed by atoms with van der Waals surface area (Å²) in [6.45, 7) is -2.57. The van der Waals surface area contributed by atoms with Gasteiger partial charge in [0.25, 0.3) is 0 Å². The molecule has 0 radical (unpaired) electrons. The van der Waals surface area contributed by atoms with E-state index in [4.69, 9.17) is 23.2 Å². The number of rotatable bonds is 5. The average Bonchev–Trinajstić information content (AvgIpc) is 2.39. The Hall–Kier alpha value is -1.52. The number of anilines is 1. The number of para-hydroxylation sites is 2. The highest BCUT2D eigenvalue weighted by atomic mass is 35.5.